The molecule has 150 valence electrons. The van der Waals surface area contributed by atoms with Crippen LogP contribution < -0.4 is 10.7 Å². The van der Waals surface area contributed by atoms with E-state index < -0.39 is 6.09 Å². The molecule has 0 aliphatic rings. The van der Waals surface area contributed by atoms with Crippen molar-refractivity contribution in [2.24, 2.45) is 0 Å². The van der Waals surface area contributed by atoms with Gasteiger partial charge in [-0.2, -0.15) is 0 Å². The van der Waals surface area contributed by atoms with Gasteiger partial charge in [0.2, 0.25) is 5.91 Å². The number of rotatable bonds is 8. The Hall–Kier alpha value is -2.28. The van der Waals surface area contributed by atoms with Crippen LogP contribution in [0.25, 0.3) is 0 Å². The number of amides is 2. The number of anilines is 1. The van der Waals surface area contributed by atoms with Gasteiger partial charge in [-0.25, -0.2) is 10.2 Å². The van der Waals surface area contributed by atoms with E-state index in [1.807, 2.05) is 30.3 Å². The molecule has 28 heavy (non-hydrogen) atoms. The molecule has 2 aromatic rings. The van der Waals surface area contributed by atoms with E-state index in [1.54, 1.807) is 12.1 Å². The summed E-state index contributed by atoms with van der Waals surface area (Å²) in [6.07, 6.45) is 0.351. The van der Waals surface area contributed by atoms with Crippen molar-refractivity contribution in [3.63, 3.8) is 0 Å². The van der Waals surface area contributed by atoms with Crippen molar-refractivity contribution in [3.05, 3.63) is 63.6 Å². The number of benzene rings is 2. The van der Waals surface area contributed by atoms with Crippen LogP contribution in [0.15, 0.2) is 42.5 Å². The lowest BCUT2D eigenvalue weighted by Crippen LogP contribution is -2.43. The number of aryl methyl sites for hydroxylation is 1. The van der Waals surface area contributed by atoms with Gasteiger partial charge < -0.3 is 4.74 Å². The number of carbonyl (C=O) groups excluding carboxylic acids is 2. The molecule has 0 aliphatic heterocycles. The van der Waals surface area contributed by atoms with Gasteiger partial charge in [-0.05, 0) is 35.7 Å². The molecule has 2 N–H and O–H groups in total. The van der Waals surface area contributed by atoms with Crippen LogP contribution in [0, 0.1) is 0 Å². The van der Waals surface area contributed by atoms with Crippen LogP contribution in [0.1, 0.15) is 25.0 Å². The lowest BCUT2D eigenvalue weighted by atomic mass is 10.1. The summed E-state index contributed by atoms with van der Waals surface area (Å²) in [4.78, 5) is 23.7. The van der Waals surface area contributed by atoms with E-state index in [2.05, 4.69) is 17.7 Å². The lowest BCUT2D eigenvalue weighted by Gasteiger charge is -2.22. The topological polar surface area (TPSA) is 70.7 Å². The van der Waals surface area contributed by atoms with Gasteiger partial charge in [0, 0.05) is 19.2 Å². The molecular weight excluding hydrogens is 401 g/mol. The Morgan fingerprint density at radius 2 is 1.82 bits per heavy atom. The van der Waals surface area contributed by atoms with E-state index in [0.29, 0.717) is 22.3 Å². The first kappa shape index (κ1) is 22.0. The van der Waals surface area contributed by atoms with Crippen LogP contribution in [-0.2, 0) is 22.5 Å². The summed E-state index contributed by atoms with van der Waals surface area (Å²) in [6.45, 7) is 4.02. The van der Waals surface area contributed by atoms with E-state index in [9.17, 15) is 9.59 Å². The number of halogens is 2. The van der Waals surface area contributed by atoms with Gasteiger partial charge in [0.1, 0.15) is 6.61 Å². The van der Waals surface area contributed by atoms with Crippen molar-refractivity contribution in [3.8, 4) is 0 Å². The van der Waals surface area contributed by atoms with Gasteiger partial charge in [0.05, 0.1) is 16.6 Å². The predicted octanol–water partition coefficient (Wildman–Crippen LogP) is 4.66. The van der Waals surface area contributed by atoms with Crippen molar-refractivity contribution in [1.82, 2.24) is 10.4 Å². The monoisotopic (exact) mass is 423 g/mol. The van der Waals surface area contributed by atoms with Crippen molar-refractivity contribution >= 4 is 40.9 Å². The number of hydrogen-bond donors (Lipinski definition) is 2. The second-order valence-electron chi connectivity index (χ2n) is 6.03. The largest absolute Gasteiger partial charge is 0.447 e. The summed E-state index contributed by atoms with van der Waals surface area (Å²) in [7, 11) is 0. The van der Waals surface area contributed by atoms with Crippen LogP contribution >= 0.6 is 23.2 Å². The molecule has 8 heteroatoms. The SMILES string of the molecule is CCc1ccc(NC(=O)OCCN(NCc2cccc(Cl)c2Cl)C(C)=O)cc1. The van der Waals surface area contributed by atoms with Gasteiger partial charge in [-0.3, -0.25) is 15.1 Å². The number of nitrogens with one attached hydrogen (secondary N) is 2. The molecule has 0 fully saturated rings. The third-order valence-electron chi connectivity index (χ3n) is 4.03. The quantitative estimate of drug-likeness (QED) is 0.605. The predicted molar refractivity (Wildman–Crippen MR) is 111 cm³/mol. The van der Waals surface area contributed by atoms with E-state index in [4.69, 9.17) is 27.9 Å². The average molecular weight is 424 g/mol. The molecule has 0 spiro atoms. The molecule has 0 heterocycles. The molecule has 2 aromatic carbocycles. The first-order valence-electron chi connectivity index (χ1n) is 8.88. The number of hydrogen-bond acceptors (Lipinski definition) is 4. The van der Waals surface area contributed by atoms with Crippen LogP contribution in [0.5, 0.6) is 0 Å². The highest BCUT2D eigenvalue weighted by molar-refractivity contribution is 6.42. The summed E-state index contributed by atoms with van der Waals surface area (Å²) in [6, 6.07) is 12.8. The Morgan fingerprint density at radius 3 is 2.46 bits per heavy atom. The molecular formula is C20H23Cl2N3O3. The second-order valence-corrected chi connectivity index (χ2v) is 6.82. The molecule has 2 rings (SSSR count). The fourth-order valence-corrected chi connectivity index (χ4v) is 2.81. The van der Waals surface area contributed by atoms with Crippen molar-refractivity contribution in [1.29, 1.82) is 0 Å². The van der Waals surface area contributed by atoms with Crippen molar-refractivity contribution < 1.29 is 14.3 Å². The third-order valence-corrected chi connectivity index (χ3v) is 4.89. The molecule has 0 bridgehead atoms. The minimum Gasteiger partial charge on any atom is -0.447 e. The third kappa shape index (κ3) is 6.71. The standard InChI is InChI=1S/C20H23Cl2N3O3/c1-3-15-7-9-17(10-8-15)24-20(27)28-12-11-25(14(2)26)23-13-16-5-4-6-18(21)19(16)22/h4-10,23H,3,11-13H2,1-2H3,(H,24,27). The number of hydrazine groups is 1. The van der Waals surface area contributed by atoms with Gasteiger partial charge >= 0.3 is 6.09 Å². The lowest BCUT2D eigenvalue weighted by molar-refractivity contribution is -0.132. The summed E-state index contributed by atoms with van der Waals surface area (Å²) >= 11 is 12.1. The molecule has 0 atom stereocenters. The fourth-order valence-electron chi connectivity index (χ4n) is 2.42. The minimum atomic E-state index is -0.578. The van der Waals surface area contributed by atoms with Gasteiger partial charge in [0.25, 0.3) is 0 Å². The molecule has 0 aromatic heterocycles. The van der Waals surface area contributed by atoms with Crippen molar-refractivity contribution in [2.75, 3.05) is 18.5 Å². The molecule has 2 amide bonds. The fraction of sp³-hybridized carbons (Fsp3) is 0.300. The maximum Gasteiger partial charge on any atom is 0.411 e. The first-order chi connectivity index (χ1) is 13.4. The van der Waals surface area contributed by atoms with Crippen LogP contribution in [-0.4, -0.2) is 30.2 Å². The highest BCUT2D eigenvalue weighted by Gasteiger charge is 2.12. The zero-order chi connectivity index (χ0) is 20.5. The zero-order valence-electron chi connectivity index (χ0n) is 15.8. The van der Waals surface area contributed by atoms with E-state index in [0.717, 1.165) is 12.0 Å². The Labute approximate surface area is 174 Å². The zero-order valence-corrected chi connectivity index (χ0v) is 17.3. The van der Waals surface area contributed by atoms with Crippen LogP contribution in [0.3, 0.4) is 0 Å². The first-order valence-corrected chi connectivity index (χ1v) is 9.63. The normalized spacial score (nSPS) is 10.4. The molecule has 0 saturated carbocycles. The maximum atomic E-state index is 11.9. The van der Waals surface area contributed by atoms with Gasteiger partial charge in [-0.1, -0.05) is 54.4 Å². The van der Waals surface area contributed by atoms with Crippen LogP contribution in [0.2, 0.25) is 10.0 Å². The Balaban J connectivity index is 1.79. The Kier molecular flexibility index (Phi) is 8.57. The average Bonchev–Trinajstić information content (AvgIpc) is 2.67. The Bertz CT molecular complexity index is 813. The van der Waals surface area contributed by atoms with Crippen molar-refractivity contribution in [2.45, 2.75) is 26.8 Å². The number of nitrogens with zero attached hydrogens (tertiary/aromatic N) is 1. The summed E-state index contributed by atoms with van der Waals surface area (Å²) < 4.78 is 5.15. The smallest absolute Gasteiger partial charge is 0.411 e. The van der Waals surface area contributed by atoms with E-state index in [1.165, 1.54) is 17.5 Å². The molecule has 0 unspecified atom stereocenters. The molecule has 0 saturated heterocycles. The van der Waals surface area contributed by atoms with E-state index in [-0.39, 0.29) is 19.1 Å². The maximum absolute atomic E-state index is 11.9. The Morgan fingerprint density at radius 1 is 1.11 bits per heavy atom. The summed E-state index contributed by atoms with van der Waals surface area (Å²) in [5.74, 6) is -0.211. The number of ether oxygens (including phenoxy) is 1. The van der Waals surface area contributed by atoms with E-state index >= 15 is 0 Å². The van der Waals surface area contributed by atoms with Gasteiger partial charge in [0.15, 0.2) is 0 Å². The second kappa shape index (κ2) is 10.9. The summed E-state index contributed by atoms with van der Waals surface area (Å²) in [5, 5.41) is 4.89. The van der Waals surface area contributed by atoms with Gasteiger partial charge in [-0.15, -0.1) is 0 Å². The highest BCUT2D eigenvalue weighted by atomic mass is 35.5. The molecule has 0 radical (unpaired) electrons. The summed E-state index contributed by atoms with van der Waals surface area (Å²) in [5.41, 5.74) is 5.56. The molecule has 0 aliphatic carbocycles. The molecule has 6 nitrogen and oxygen atoms in total. The number of carbonyl (C=O) groups is 2. The van der Waals surface area contributed by atoms with Crippen LogP contribution in [0.4, 0.5) is 10.5 Å². The minimum absolute atomic E-state index is 0.0364. The highest BCUT2D eigenvalue weighted by Crippen LogP contribution is 2.25.